The van der Waals surface area contributed by atoms with Gasteiger partial charge in [0.2, 0.25) is 10.0 Å². The number of aromatic nitrogens is 1. The third kappa shape index (κ3) is 3.75. The van der Waals surface area contributed by atoms with Crippen molar-refractivity contribution in [2.24, 2.45) is 0 Å². The molecule has 0 N–H and O–H groups in total. The minimum absolute atomic E-state index is 0.0245. The number of pyridine rings is 1. The number of hydrogen-bond acceptors (Lipinski definition) is 4. The highest BCUT2D eigenvalue weighted by atomic mass is 35.5. The fourth-order valence-electron chi connectivity index (χ4n) is 2.66. The topological polar surface area (TPSA) is 53.5 Å². The first kappa shape index (κ1) is 17.3. The van der Waals surface area contributed by atoms with E-state index in [-0.39, 0.29) is 9.92 Å². The van der Waals surface area contributed by atoms with Crippen molar-refractivity contribution in [2.45, 2.75) is 11.4 Å². The summed E-state index contributed by atoms with van der Waals surface area (Å²) in [7, 11) is -3.65. The number of benzene rings is 1. The van der Waals surface area contributed by atoms with Crippen molar-refractivity contribution in [1.82, 2.24) is 14.2 Å². The minimum Gasteiger partial charge on any atom is -0.296 e. The molecule has 1 aliphatic heterocycles. The molecule has 0 spiro atoms. The fourth-order valence-corrected chi connectivity index (χ4v) is 4.35. The van der Waals surface area contributed by atoms with Gasteiger partial charge >= 0.3 is 0 Å². The van der Waals surface area contributed by atoms with Crippen LogP contribution in [0.15, 0.2) is 47.6 Å². The van der Waals surface area contributed by atoms with E-state index in [0.29, 0.717) is 26.2 Å². The van der Waals surface area contributed by atoms with Crippen LogP contribution < -0.4 is 0 Å². The van der Waals surface area contributed by atoms with Crippen molar-refractivity contribution in [2.75, 3.05) is 26.2 Å². The van der Waals surface area contributed by atoms with Crippen molar-refractivity contribution < 1.29 is 12.8 Å². The maximum absolute atomic E-state index is 13.2. The molecule has 1 fully saturated rings. The van der Waals surface area contributed by atoms with Gasteiger partial charge in [0.1, 0.15) is 5.82 Å². The quantitative estimate of drug-likeness (QED) is 0.830. The van der Waals surface area contributed by atoms with Crippen LogP contribution in [-0.2, 0) is 16.6 Å². The van der Waals surface area contributed by atoms with Gasteiger partial charge in [0.05, 0.1) is 9.92 Å². The number of halogens is 2. The maximum Gasteiger partial charge on any atom is 0.243 e. The standard InChI is InChI=1S/C16H17ClFN3O2S/c17-15-11-14(1-2-16(15)18)24(22,23)21-9-7-20(8-10-21)12-13-3-5-19-6-4-13/h1-6,11H,7-10,12H2. The van der Waals surface area contributed by atoms with Gasteiger partial charge in [-0.15, -0.1) is 0 Å². The number of hydrogen-bond donors (Lipinski definition) is 0. The zero-order valence-corrected chi connectivity index (χ0v) is 14.5. The molecule has 3 rings (SSSR count). The molecule has 128 valence electrons. The third-order valence-corrected chi connectivity index (χ3v) is 6.20. The normalized spacial score (nSPS) is 17.1. The van der Waals surface area contributed by atoms with E-state index in [1.165, 1.54) is 10.4 Å². The van der Waals surface area contributed by atoms with Crippen LogP contribution in [0.3, 0.4) is 0 Å². The molecule has 1 aliphatic rings. The largest absolute Gasteiger partial charge is 0.296 e. The highest BCUT2D eigenvalue weighted by Crippen LogP contribution is 2.23. The molecule has 0 saturated carbocycles. The molecule has 0 aliphatic carbocycles. The Morgan fingerprint density at radius 1 is 1.08 bits per heavy atom. The minimum atomic E-state index is -3.65. The molecule has 8 heteroatoms. The summed E-state index contributed by atoms with van der Waals surface area (Å²) in [5, 5.41) is -0.188. The summed E-state index contributed by atoms with van der Waals surface area (Å²) in [6.45, 7) is 2.82. The van der Waals surface area contributed by atoms with Crippen molar-refractivity contribution in [3.63, 3.8) is 0 Å². The molecule has 2 aromatic rings. The predicted octanol–water partition coefficient (Wildman–Crippen LogP) is 2.38. The summed E-state index contributed by atoms with van der Waals surface area (Å²) in [5.41, 5.74) is 1.15. The Kier molecular flexibility index (Phi) is 5.15. The van der Waals surface area contributed by atoms with Gasteiger partial charge in [0.15, 0.2) is 0 Å². The molecule has 0 bridgehead atoms. The molecule has 24 heavy (non-hydrogen) atoms. The summed E-state index contributed by atoms with van der Waals surface area (Å²) >= 11 is 5.70. The molecule has 0 atom stereocenters. The van der Waals surface area contributed by atoms with Gasteiger partial charge in [-0.2, -0.15) is 4.31 Å². The second-order valence-corrected chi connectivity index (χ2v) is 7.96. The highest BCUT2D eigenvalue weighted by Gasteiger charge is 2.28. The van der Waals surface area contributed by atoms with Gasteiger partial charge in [-0.25, -0.2) is 12.8 Å². The molecule has 1 aromatic heterocycles. The Labute approximate surface area is 145 Å². The molecular formula is C16H17ClFN3O2S. The van der Waals surface area contributed by atoms with E-state index in [1.807, 2.05) is 12.1 Å². The van der Waals surface area contributed by atoms with E-state index in [0.717, 1.165) is 24.2 Å². The van der Waals surface area contributed by atoms with Crippen molar-refractivity contribution in [1.29, 1.82) is 0 Å². The van der Waals surface area contributed by atoms with Crippen LogP contribution in [0.2, 0.25) is 5.02 Å². The predicted molar refractivity (Wildman–Crippen MR) is 89.7 cm³/mol. The number of piperazine rings is 1. The van der Waals surface area contributed by atoms with Crippen LogP contribution in [-0.4, -0.2) is 48.8 Å². The Morgan fingerprint density at radius 3 is 2.38 bits per heavy atom. The Morgan fingerprint density at radius 2 is 1.75 bits per heavy atom. The SMILES string of the molecule is O=S(=O)(c1ccc(F)c(Cl)c1)N1CCN(Cc2ccncc2)CC1. The van der Waals surface area contributed by atoms with Crippen molar-refractivity contribution in [3.05, 3.63) is 59.1 Å². The zero-order chi connectivity index (χ0) is 17.2. The lowest BCUT2D eigenvalue weighted by atomic mass is 10.2. The van der Waals surface area contributed by atoms with E-state index >= 15 is 0 Å². The van der Waals surface area contributed by atoms with Gasteiger partial charge in [0, 0.05) is 45.1 Å². The summed E-state index contributed by atoms with van der Waals surface area (Å²) in [6.07, 6.45) is 3.49. The lowest BCUT2D eigenvalue weighted by Gasteiger charge is -2.34. The molecular weight excluding hydrogens is 353 g/mol. The van der Waals surface area contributed by atoms with E-state index in [4.69, 9.17) is 11.6 Å². The summed E-state index contributed by atoms with van der Waals surface area (Å²) in [5.74, 6) is -0.627. The number of nitrogens with zero attached hydrogens (tertiary/aromatic N) is 3. The average molecular weight is 370 g/mol. The molecule has 0 radical (unpaired) electrons. The van der Waals surface area contributed by atoms with Crippen LogP contribution in [0, 0.1) is 5.82 Å². The third-order valence-electron chi connectivity index (χ3n) is 4.02. The van der Waals surface area contributed by atoms with Crippen molar-refractivity contribution >= 4 is 21.6 Å². The van der Waals surface area contributed by atoms with Gasteiger partial charge < -0.3 is 0 Å². The van der Waals surface area contributed by atoms with Crippen LogP contribution in [0.5, 0.6) is 0 Å². The molecule has 0 unspecified atom stereocenters. The summed E-state index contributed by atoms with van der Waals surface area (Å²) in [6, 6.07) is 7.39. The molecule has 1 aromatic carbocycles. The lowest BCUT2D eigenvalue weighted by Crippen LogP contribution is -2.48. The molecule has 2 heterocycles. The van der Waals surface area contributed by atoms with E-state index in [2.05, 4.69) is 9.88 Å². The molecule has 0 amide bonds. The van der Waals surface area contributed by atoms with E-state index < -0.39 is 15.8 Å². The smallest absolute Gasteiger partial charge is 0.243 e. The van der Waals surface area contributed by atoms with E-state index in [9.17, 15) is 12.8 Å². The first-order valence-corrected chi connectivity index (χ1v) is 9.35. The van der Waals surface area contributed by atoms with Gasteiger partial charge in [-0.05, 0) is 35.9 Å². The average Bonchev–Trinajstić information content (AvgIpc) is 2.58. The van der Waals surface area contributed by atoms with Gasteiger partial charge in [-0.3, -0.25) is 9.88 Å². The lowest BCUT2D eigenvalue weighted by molar-refractivity contribution is 0.181. The Hall–Kier alpha value is -1.54. The van der Waals surface area contributed by atoms with E-state index in [1.54, 1.807) is 12.4 Å². The molecule has 1 saturated heterocycles. The Balaban J connectivity index is 1.66. The van der Waals surface area contributed by atoms with Crippen LogP contribution in [0.1, 0.15) is 5.56 Å². The fraction of sp³-hybridized carbons (Fsp3) is 0.312. The second kappa shape index (κ2) is 7.14. The number of sulfonamides is 1. The maximum atomic E-state index is 13.2. The van der Waals surface area contributed by atoms with Crippen molar-refractivity contribution in [3.8, 4) is 0 Å². The van der Waals surface area contributed by atoms with Gasteiger partial charge in [0.25, 0.3) is 0 Å². The zero-order valence-electron chi connectivity index (χ0n) is 12.9. The monoisotopic (exact) mass is 369 g/mol. The first-order valence-electron chi connectivity index (χ1n) is 7.53. The molecule has 5 nitrogen and oxygen atoms in total. The summed E-state index contributed by atoms with van der Waals surface area (Å²) < 4.78 is 39.9. The highest BCUT2D eigenvalue weighted by molar-refractivity contribution is 7.89. The number of rotatable bonds is 4. The van der Waals surface area contributed by atoms with Crippen LogP contribution in [0.4, 0.5) is 4.39 Å². The first-order chi connectivity index (χ1) is 11.5. The summed E-state index contributed by atoms with van der Waals surface area (Å²) in [4.78, 5) is 6.20. The van der Waals surface area contributed by atoms with Crippen LogP contribution >= 0.6 is 11.6 Å². The Bertz CT molecular complexity index is 809. The second-order valence-electron chi connectivity index (χ2n) is 5.61. The van der Waals surface area contributed by atoms with Crippen LogP contribution in [0.25, 0.3) is 0 Å². The van der Waals surface area contributed by atoms with Gasteiger partial charge in [-0.1, -0.05) is 11.6 Å².